The van der Waals surface area contributed by atoms with Gasteiger partial charge in [0.15, 0.2) is 11.5 Å². The van der Waals surface area contributed by atoms with E-state index in [9.17, 15) is 14.7 Å². The fraction of sp³-hybridized carbons (Fsp3) is 0.448. The van der Waals surface area contributed by atoms with Gasteiger partial charge < -0.3 is 29.0 Å². The van der Waals surface area contributed by atoms with E-state index in [4.69, 9.17) is 18.9 Å². The van der Waals surface area contributed by atoms with E-state index in [2.05, 4.69) is 0 Å². The molecule has 1 aliphatic rings. The largest absolute Gasteiger partial charge is 0.507 e. The number of nitrogens with zero attached hydrogens (tertiary/aromatic N) is 1. The van der Waals surface area contributed by atoms with Crippen molar-refractivity contribution in [3.05, 3.63) is 58.7 Å². The molecule has 8 nitrogen and oxygen atoms in total. The molecule has 0 saturated carbocycles. The molecule has 2 aromatic carbocycles. The Morgan fingerprint density at radius 1 is 1.03 bits per heavy atom. The Hall–Kier alpha value is -3.52. The molecule has 1 atom stereocenters. The van der Waals surface area contributed by atoms with Crippen molar-refractivity contribution in [2.45, 2.75) is 52.7 Å². The predicted octanol–water partition coefficient (Wildman–Crippen LogP) is 5.04. The number of methoxy groups -OCH3 is 2. The van der Waals surface area contributed by atoms with Crippen LogP contribution in [0.3, 0.4) is 0 Å². The molecule has 1 heterocycles. The van der Waals surface area contributed by atoms with Crippen LogP contribution < -0.4 is 14.2 Å². The average molecular weight is 512 g/mol. The van der Waals surface area contributed by atoms with Gasteiger partial charge in [-0.25, -0.2) is 0 Å². The molecule has 1 amide bonds. The summed E-state index contributed by atoms with van der Waals surface area (Å²) in [5.74, 6) is 0.108. The van der Waals surface area contributed by atoms with Crippen LogP contribution in [0.25, 0.3) is 5.76 Å². The molecule has 3 rings (SSSR count). The minimum Gasteiger partial charge on any atom is -0.507 e. The number of carbonyl (C=O) groups is 2. The summed E-state index contributed by atoms with van der Waals surface area (Å²) in [5.41, 5.74) is 1.92. The molecule has 0 aliphatic carbocycles. The highest BCUT2D eigenvalue weighted by atomic mass is 16.5. The Morgan fingerprint density at radius 2 is 1.76 bits per heavy atom. The molecule has 200 valence electrons. The molecular weight excluding hydrogens is 474 g/mol. The van der Waals surface area contributed by atoms with Gasteiger partial charge in [-0.05, 0) is 75.1 Å². The van der Waals surface area contributed by atoms with Gasteiger partial charge in [0.2, 0.25) is 0 Å². The first-order chi connectivity index (χ1) is 17.7. The molecule has 0 spiro atoms. The number of likely N-dealkylation sites (tertiary alicyclic amines) is 1. The number of aryl methyl sites for hydroxylation is 1. The minimum atomic E-state index is -0.796. The van der Waals surface area contributed by atoms with Crippen LogP contribution in [0.4, 0.5) is 0 Å². The predicted molar refractivity (Wildman–Crippen MR) is 141 cm³/mol. The van der Waals surface area contributed by atoms with Gasteiger partial charge >= 0.3 is 0 Å². The zero-order chi connectivity index (χ0) is 27.1. The summed E-state index contributed by atoms with van der Waals surface area (Å²) in [4.78, 5) is 27.9. The topological polar surface area (TPSA) is 94.5 Å². The Bertz CT molecular complexity index is 1150. The minimum absolute atomic E-state index is 0.0311. The second-order valence-corrected chi connectivity index (χ2v) is 9.24. The maximum atomic E-state index is 13.3. The molecule has 0 bridgehead atoms. The third-order valence-corrected chi connectivity index (χ3v) is 6.06. The molecule has 2 aromatic rings. The van der Waals surface area contributed by atoms with Crippen molar-refractivity contribution < 1.29 is 33.6 Å². The normalized spacial score (nSPS) is 16.9. The van der Waals surface area contributed by atoms with Gasteiger partial charge in [0, 0.05) is 25.8 Å². The molecule has 8 heteroatoms. The number of hydrogen-bond acceptors (Lipinski definition) is 7. The van der Waals surface area contributed by atoms with Crippen LogP contribution in [0.2, 0.25) is 0 Å². The van der Waals surface area contributed by atoms with E-state index in [1.807, 2.05) is 27.7 Å². The van der Waals surface area contributed by atoms with Crippen molar-refractivity contribution in [2.24, 2.45) is 0 Å². The molecule has 1 N–H and O–H groups in total. The zero-order valence-electron chi connectivity index (χ0n) is 22.5. The molecule has 0 radical (unpaired) electrons. The molecule has 1 fully saturated rings. The number of benzene rings is 2. The third-order valence-electron chi connectivity index (χ3n) is 6.06. The number of amides is 1. The van der Waals surface area contributed by atoms with Crippen LogP contribution in [0.1, 0.15) is 56.3 Å². The lowest BCUT2D eigenvalue weighted by molar-refractivity contribution is -0.140. The number of carbonyl (C=O) groups excluding carboxylic acids is 2. The van der Waals surface area contributed by atoms with E-state index in [1.54, 1.807) is 43.5 Å². The lowest BCUT2D eigenvalue weighted by Gasteiger charge is -2.26. The van der Waals surface area contributed by atoms with Gasteiger partial charge in [0.25, 0.3) is 11.7 Å². The number of aliphatic hydroxyl groups is 1. The smallest absolute Gasteiger partial charge is 0.295 e. The molecule has 1 unspecified atom stereocenters. The highest BCUT2D eigenvalue weighted by Gasteiger charge is 2.46. The Morgan fingerprint density at radius 3 is 2.38 bits per heavy atom. The number of aliphatic hydroxyl groups excluding tert-OH is 1. The SMILES string of the molecule is CCCOc1ccc(/C(O)=C2/C(=O)C(=O)N(CCCOC)C2c2ccc(OC(C)C)c(OC)c2)cc1C. The number of ether oxygens (including phenoxy) is 4. The number of ketones is 1. The summed E-state index contributed by atoms with van der Waals surface area (Å²) in [6, 6.07) is 9.73. The van der Waals surface area contributed by atoms with E-state index < -0.39 is 17.7 Å². The lowest BCUT2D eigenvalue weighted by Crippen LogP contribution is -2.31. The van der Waals surface area contributed by atoms with Crippen molar-refractivity contribution in [1.29, 1.82) is 0 Å². The Balaban J connectivity index is 2.12. The third kappa shape index (κ3) is 6.25. The first-order valence-corrected chi connectivity index (χ1v) is 12.6. The fourth-order valence-corrected chi connectivity index (χ4v) is 4.37. The highest BCUT2D eigenvalue weighted by molar-refractivity contribution is 6.46. The zero-order valence-corrected chi connectivity index (χ0v) is 22.5. The van der Waals surface area contributed by atoms with Crippen LogP contribution in [0, 0.1) is 6.92 Å². The summed E-state index contributed by atoms with van der Waals surface area (Å²) in [5, 5.41) is 11.4. The molecule has 0 aromatic heterocycles. The summed E-state index contributed by atoms with van der Waals surface area (Å²) in [6.07, 6.45) is 1.35. The van der Waals surface area contributed by atoms with Crippen LogP contribution in [0.15, 0.2) is 42.0 Å². The van der Waals surface area contributed by atoms with Crippen LogP contribution in [-0.2, 0) is 14.3 Å². The average Bonchev–Trinajstić information content (AvgIpc) is 3.12. The van der Waals surface area contributed by atoms with Crippen molar-refractivity contribution in [3.63, 3.8) is 0 Å². The summed E-state index contributed by atoms with van der Waals surface area (Å²) in [7, 11) is 3.12. The maximum Gasteiger partial charge on any atom is 0.295 e. The molecule has 1 saturated heterocycles. The number of Topliss-reactive ketones (excluding diaryl/α,β-unsaturated/α-hetero) is 1. The van der Waals surface area contributed by atoms with Crippen molar-refractivity contribution >= 4 is 17.4 Å². The second kappa shape index (κ2) is 12.6. The van der Waals surface area contributed by atoms with E-state index >= 15 is 0 Å². The van der Waals surface area contributed by atoms with Crippen molar-refractivity contribution in [2.75, 3.05) is 34.0 Å². The monoisotopic (exact) mass is 511 g/mol. The Kier molecular flexibility index (Phi) is 9.58. The molecule has 1 aliphatic heterocycles. The van der Waals surface area contributed by atoms with E-state index in [0.717, 1.165) is 12.0 Å². The fourth-order valence-electron chi connectivity index (χ4n) is 4.37. The lowest BCUT2D eigenvalue weighted by atomic mass is 9.94. The van der Waals surface area contributed by atoms with Crippen LogP contribution in [-0.4, -0.2) is 61.8 Å². The number of rotatable bonds is 12. The Labute approximate surface area is 218 Å². The van der Waals surface area contributed by atoms with Crippen LogP contribution >= 0.6 is 0 Å². The van der Waals surface area contributed by atoms with Gasteiger partial charge in [0.1, 0.15) is 11.5 Å². The van der Waals surface area contributed by atoms with Crippen molar-refractivity contribution in [3.8, 4) is 17.2 Å². The van der Waals surface area contributed by atoms with Gasteiger partial charge in [-0.1, -0.05) is 13.0 Å². The summed E-state index contributed by atoms with van der Waals surface area (Å²) in [6.45, 7) is 9.03. The van der Waals surface area contributed by atoms with E-state index in [1.165, 1.54) is 12.0 Å². The van der Waals surface area contributed by atoms with E-state index in [-0.39, 0.29) is 24.0 Å². The maximum absolute atomic E-state index is 13.3. The van der Waals surface area contributed by atoms with Gasteiger partial charge in [0.05, 0.1) is 31.4 Å². The van der Waals surface area contributed by atoms with Gasteiger partial charge in [-0.2, -0.15) is 0 Å². The van der Waals surface area contributed by atoms with E-state index in [0.29, 0.717) is 48.0 Å². The standard InChI is InChI=1S/C29H37NO7/c1-7-14-36-22-11-10-21(16-19(22)4)27(31)25-26(30(13-8-15-34-5)29(33)28(25)32)20-9-12-23(37-18(2)3)24(17-20)35-6/h9-12,16-18,26,31H,7-8,13-15H2,1-6H3/b27-25-. The van der Waals surface area contributed by atoms with Crippen molar-refractivity contribution in [1.82, 2.24) is 4.90 Å². The quantitative estimate of drug-likeness (QED) is 0.185. The second-order valence-electron chi connectivity index (χ2n) is 9.24. The van der Waals surface area contributed by atoms with Crippen LogP contribution in [0.5, 0.6) is 17.2 Å². The molecule has 37 heavy (non-hydrogen) atoms. The highest BCUT2D eigenvalue weighted by Crippen LogP contribution is 2.42. The van der Waals surface area contributed by atoms with Gasteiger partial charge in [-0.3, -0.25) is 9.59 Å². The summed E-state index contributed by atoms with van der Waals surface area (Å²) >= 11 is 0. The molecular formula is C29H37NO7. The van der Waals surface area contributed by atoms with Gasteiger partial charge in [-0.15, -0.1) is 0 Å². The summed E-state index contributed by atoms with van der Waals surface area (Å²) < 4.78 is 22.3. The first kappa shape index (κ1) is 28.1. The first-order valence-electron chi connectivity index (χ1n) is 12.6. The number of hydrogen-bond donors (Lipinski definition) is 1.